The second-order valence-electron chi connectivity index (χ2n) is 5.54. The van der Waals surface area contributed by atoms with Crippen LogP contribution in [0.5, 0.6) is 0 Å². The molecule has 1 fully saturated rings. The Hall–Kier alpha value is -0.570. The van der Waals surface area contributed by atoms with Gasteiger partial charge in [-0.3, -0.25) is 4.79 Å². The first-order valence-electron chi connectivity index (χ1n) is 7.10. The van der Waals surface area contributed by atoms with Crippen molar-refractivity contribution in [2.24, 2.45) is 5.73 Å². The minimum Gasteiger partial charge on any atom is -0.340 e. The summed E-state index contributed by atoms with van der Waals surface area (Å²) in [7, 11) is 0. The molecule has 1 rings (SSSR count). The van der Waals surface area contributed by atoms with Crippen LogP contribution in [0, 0.1) is 0 Å². The second kappa shape index (κ2) is 6.39. The standard InChI is InChI=1S/C14H28N2O/c1-4-12(3)16(5-2)13(17)11-14(15)9-7-6-8-10-14/h12H,4-11,15H2,1-3H3. The van der Waals surface area contributed by atoms with Crippen LogP contribution >= 0.6 is 0 Å². The fourth-order valence-corrected chi connectivity index (χ4v) is 2.79. The van der Waals surface area contributed by atoms with Gasteiger partial charge in [0.15, 0.2) is 0 Å². The summed E-state index contributed by atoms with van der Waals surface area (Å²) in [6, 6.07) is 0.333. The summed E-state index contributed by atoms with van der Waals surface area (Å²) in [5, 5.41) is 0. The van der Waals surface area contributed by atoms with Crippen LogP contribution in [0.1, 0.15) is 65.7 Å². The summed E-state index contributed by atoms with van der Waals surface area (Å²) < 4.78 is 0. The first-order chi connectivity index (χ1) is 8.02. The molecule has 0 spiro atoms. The molecule has 0 aromatic rings. The molecule has 0 radical (unpaired) electrons. The Balaban J connectivity index is 2.56. The predicted molar refractivity (Wildman–Crippen MR) is 71.8 cm³/mol. The number of carbonyl (C=O) groups is 1. The molecule has 1 amide bonds. The summed E-state index contributed by atoms with van der Waals surface area (Å²) in [6.07, 6.45) is 7.20. The number of carbonyl (C=O) groups excluding carboxylic acids is 1. The highest BCUT2D eigenvalue weighted by atomic mass is 16.2. The molecule has 0 aromatic carbocycles. The first-order valence-corrected chi connectivity index (χ1v) is 7.10. The number of hydrogen-bond donors (Lipinski definition) is 1. The van der Waals surface area contributed by atoms with Crippen LogP contribution in [0.2, 0.25) is 0 Å². The summed E-state index contributed by atoms with van der Waals surface area (Å²) in [4.78, 5) is 14.3. The number of amides is 1. The van der Waals surface area contributed by atoms with E-state index in [-0.39, 0.29) is 11.4 Å². The number of nitrogens with zero attached hydrogens (tertiary/aromatic N) is 1. The van der Waals surface area contributed by atoms with Gasteiger partial charge < -0.3 is 10.6 Å². The highest BCUT2D eigenvalue weighted by Crippen LogP contribution is 2.29. The molecule has 17 heavy (non-hydrogen) atoms. The summed E-state index contributed by atoms with van der Waals surface area (Å²) in [5.74, 6) is 0.242. The number of nitrogens with two attached hydrogens (primary N) is 1. The molecule has 1 unspecified atom stereocenters. The van der Waals surface area contributed by atoms with Crippen molar-refractivity contribution in [1.82, 2.24) is 4.90 Å². The highest BCUT2D eigenvalue weighted by molar-refractivity contribution is 5.77. The number of hydrogen-bond acceptors (Lipinski definition) is 2. The van der Waals surface area contributed by atoms with Crippen molar-refractivity contribution in [3.8, 4) is 0 Å². The molecule has 0 bridgehead atoms. The van der Waals surface area contributed by atoms with Gasteiger partial charge in [-0.25, -0.2) is 0 Å². The fraction of sp³-hybridized carbons (Fsp3) is 0.929. The summed E-state index contributed by atoms with van der Waals surface area (Å²) in [5.41, 5.74) is 6.12. The van der Waals surface area contributed by atoms with Gasteiger partial charge in [-0.15, -0.1) is 0 Å². The van der Waals surface area contributed by atoms with E-state index in [1.807, 2.05) is 11.8 Å². The average molecular weight is 240 g/mol. The van der Waals surface area contributed by atoms with Crippen LogP contribution in [-0.4, -0.2) is 28.9 Å². The van der Waals surface area contributed by atoms with Crippen molar-refractivity contribution >= 4 is 5.91 Å². The van der Waals surface area contributed by atoms with Crippen molar-refractivity contribution in [2.45, 2.75) is 77.3 Å². The molecule has 1 aliphatic carbocycles. The molecule has 3 nitrogen and oxygen atoms in total. The van der Waals surface area contributed by atoms with Crippen LogP contribution in [0.4, 0.5) is 0 Å². The molecule has 1 saturated carbocycles. The molecule has 0 saturated heterocycles. The second-order valence-corrected chi connectivity index (χ2v) is 5.54. The van der Waals surface area contributed by atoms with E-state index in [4.69, 9.17) is 5.73 Å². The van der Waals surface area contributed by atoms with E-state index in [2.05, 4.69) is 13.8 Å². The van der Waals surface area contributed by atoms with Crippen LogP contribution in [0.15, 0.2) is 0 Å². The van der Waals surface area contributed by atoms with E-state index in [1.54, 1.807) is 0 Å². The summed E-state index contributed by atoms with van der Waals surface area (Å²) >= 11 is 0. The van der Waals surface area contributed by atoms with Crippen LogP contribution in [0.25, 0.3) is 0 Å². The smallest absolute Gasteiger partial charge is 0.224 e. The Morgan fingerprint density at radius 3 is 2.35 bits per heavy atom. The SMILES string of the molecule is CCC(C)N(CC)C(=O)CC1(N)CCCCC1. The van der Waals surface area contributed by atoms with Crippen molar-refractivity contribution in [1.29, 1.82) is 0 Å². The Kier molecular flexibility index (Phi) is 5.44. The lowest BCUT2D eigenvalue weighted by molar-refractivity contribution is -0.134. The monoisotopic (exact) mass is 240 g/mol. The van der Waals surface area contributed by atoms with Crippen molar-refractivity contribution in [3.05, 3.63) is 0 Å². The van der Waals surface area contributed by atoms with Gasteiger partial charge in [-0.2, -0.15) is 0 Å². The zero-order valence-electron chi connectivity index (χ0n) is 11.7. The van der Waals surface area contributed by atoms with E-state index in [0.717, 1.165) is 25.8 Å². The summed E-state index contributed by atoms with van der Waals surface area (Å²) in [6.45, 7) is 7.09. The van der Waals surface area contributed by atoms with E-state index in [9.17, 15) is 4.79 Å². The minimum absolute atomic E-state index is 0.226. The van der Waals surface area contributed by atoms with Crippen LogP contribution in [0.3, 0.4) is 0 Å². The van der Waals surface area contributed by atoms with Gasteiger partial charge in [0.25, 0.3) is 0 Å². The largest absolute Gasteiger partial charge is 0.340 e. The van der Waals surface area contributed by atoms with Crippen molar-refractivity contribution in [3.63, 3.8) is 0 Å². The topological polar surface area (TPSA) is 46.3 Å². The lowest BCUT2D eigenvalue weighted by Crippen LogP contribution is -2.48. The van der Waals surface area contributed by atoms with Crippen molar-refractivity contribution in [2.75, 3.05) is 6.54 Å². The zero-order valence-corrected chi connectivity index (χ0v) is 11.7. The van der Waals surface area contributed by atoms with Crippen LogP contribution < -0.4 is 5.73 Å². The quantitative estimate of drug-likeness (QED) is 0.803. The molecular weight excluding hydrogens is 212 g/mol. The maximum absolute atomic E-state index is 12.3. The van der Waals surface area contributed by atoms with Gasteiger partial charge in [-0.05, 0) is 33.1 Å². The fourth-order valence-electron chi connectivity index (χ4n) is 2.79. The third-order valence-electron chi connectivity index (χ3n) is 4.14. The molecule has 0 aliphatic heterocycles. The highest BCUT2D eigenvalue weighted by Gasteiger charge is 2.32. The van der Waals surface area contributed by atoms with Crippen LogP contribution in [-0.2, 0) is 4.79 Å². The van der Waals surface area contributed by atoms with Gasteiger partial charge >= 0.3 is 0 Å². The van der Waals surface area contributed by atoms with Gasteiger partial charge in [0.05, 0.1) is 0 Å². The van der Waals surface area contributed by atoms with Gasteiger partial charge in [0, 0.05) is 24.5 Å². The Morgan fingerprint density at radius 1 is 1.29 bits per heavy atom. The molecule has 100 valence electrons. The van der Waals surface area contributed by atoms with E-state index in [0.29, 0.717) is 12.5 Å². The minimum atomic E-state index is -0.226. The third-order valence-corrected chi connectivity index (χ3v) is 4.14. The maximum atomic E-state index is 12.3. The molecule has 1 atom stereocenters. The molecule has 2 N–H and O–H groups in total. The van der Waals surface area contributed by atoms with Gasteiger partial charge in [-0.1, -0.05) is 26.2 Å². The van der Waals surface area contributed by atoms with E-state index >= 15 is 0 Å². The van der Waals surface area contributed by atoms with Gasteiger partial charge in [0.2, 0.25) is 5.91 Å². The Labute approximate surface area is 106 Å². The predicted octanol–water partition coefficient (Wildman–Crippen LogP) is 2.69. The molecule has 0 heterocycles. The number of rotatable bonds is 5. The average Bonchev–Trinajstić information content (AvgIpc) is 2.29. The zero-order chi connectivity index (χ0) is 12.9. The normalized spacial score (nSPS) is 20.9. The molecule has 1 aliphatic rings. The lowest BCUT2D eigenvalue weighted by Gasteiger charge is -2.36. The third kappa shape index (κ3) is 3.98. The lowest BCUT2D eigenvalue weighted by atomic mass is 9.80. The Bertz CT molecular complexity index is 247. The van der Waals surface area contributed by atoms with E-state index < -0.39 is 0 Å². The molecule has 0 aromatic heterocycles. The molecule has 3 heteroatoms. The molecular formula is C14H28N2O. The van der Waals surface area contributed by atoms with E-state index in [1.165, 1.54) is 19.3 Å². The van der Waals surface area contributed by atoms with Gasteiger partial charge in [0.1, 0.15) is 0 Å². The first kappa shape index (κ1) is 14.5. The Morgan fingerprint density at radius 2 is 1.88 bits per heavy atom. The van der Waals surface area contributed by atoms with Crippen molar-refractivity contribution < 1.29 is 4.79 Å². The maximum Gasteiger partial charge on any atom is 0.224 e.